The van der Waals surface area contributed by atoms with Gasteiger partial charge in [-0.15, -0.1) is 0 Å². The Labute approximate surface area is 309 Å². The number of fused-ring (bicyclic) bond motifs is 1. The van der Waals surface area contributed by atoms with Gasteiger partial charge >= 0.3 is 11.9 Å². The summed E-state index contributed by atoms with van der Waals surface area (Å²) >= 11 is 6.09. The quantitative estimate of drug-likeness (QED) is 0.156. The van der Waals surface area contributed by atoms with E-state index in [-0.39, 0.29) is 64.2 Å². The zero-order chi connectivity index (χ0) is 37.2. The molecule has 1 saturated heterocycles. The Morgan fingerprint density at radius 1 is 0.960 bits per heavy atom. The monoisotopic (exact) mass is 746 g/mol. The second-order valence-electron chi connectivity index (χ2n) is 17.8. The number of benzene rings is 1. The van der Waals surface area contributed by atoms with E-state index in [9.17, 15) is 9.59 Å². The maximum Gasteiger partial charge on any atom is 0.347 e. The topological polar surface area (TPSA) is 80.3 Å². The molecule has 4 rings (SSSR count). The molecule has 1 fully saturated rings. The van der Waals surface area contributed by atoms with Crippen LogP contribution in [-0.2, 0) is 27.9 Å². The van der Waals surface area contributed by atoms with E-state index in [4.69, 9.17) is 34.7 Å². The van der Waals surface area contributed by atoms with Crippen molar-refractivity contribution in [3.05, 3.63) is 53.1 Å². The van der Waals surface area contributed by atoms with Crippen LogP contribution in [0.2, 0.25) is 41.3 Å². The molecule has 50 heavy (non-hydrogen) atoms. The van der Waals surface area contributed by atoms with E-state index >= 15 is 0 Å². The van der Waals surface area contributed by atoms with Gasteiger partial charge in [0.15, 0.2) is 22.7 Å². The molecule has 1 heterocycles. The molecule has 10 heteroatoms. The van der Waals surface area contributed by atoms with Crippen LogP contribution in [0.5, 0.6) is 5.75 Å². The molecule has 280 valence electrons. The summed E-state index contributed by atoms with van der Waals surface area (Å²) in [6.45, 7) is 26.6. The van der Waals surface area contributed by atoms with Gasteiger partial charge in [-0.2, -0.15) is 0 Å². The largest absolute Gasteiger partial charge is 0.479 e. The third-order valence-electron chi connectivity index (χ3n) is 11.9. The number of carbonyl (C=O) groups is 2. The fourth-order valence-corrected chi connectivity index (χ4v) is 9.66. The Hall–Kier alpha value is -1.92. The van der Waals surface area contributed by atoms with Crippen LogP contribution in [0, 0.1) is 17.8 Å². The average molecular weight is 748 g/mol. The molecular weight excluding hydrogens is 684 g/mol. The summed E-state index contributed by atoms with van der Waals surface area (Å²) in [5.41, 5.74) is 1.16. The molecule has 0 saturated carbocycles. The Morgan fingerprint density at radius 2 is 1.58 bits per heavy atom. The number of halogens is 1. The summed E-state index contributed by atoms with van der Waals surface area (Å²) in [6, 6.07) is 7.04. The van der Waals surface area contributed by atoms with E-state index in [1.165, 1.54) is 0 Å². The van der Waals surface area contributed by atoms with Gasteiger partial charge in [-0.05, 0) is 97.2 Å². The van der Waals surface area contributed by atoms with Gasteiger partial charge in [0.2, 0.25) is 0 Å². The van der Waals surface area contributed by atoms with Gasteiger partial charge in [-0.3, -0.25) is 4.79 Å². The van der Waals surface area contributed by atoms with E-state index < -0.39 is 22.7 Å². The summed E-state index contributed by atoms with van der Waals surface area (Å²) in [5.74, 6) is 0.463. The van der Waals surface area contributed by atoms with Crippen molar-refractivity contribution in [1.82, 2.24) is 0 Å². The highest BCUT2D eigenvalue weighted by molar-refractivity contribution is 6.74. The molecule has 1 aliphatic heterocycles. The van der Waals surface area contributed by atoms with Crippen LogP contribution in [0.25, 0.3) is 0 Å². The van der Waals surface area contributed by atoms with Crippen molar-refractivity contribution in [2.24, 2.45) is 17.8 Å². The number of hydrogen-bond donors (Lipinski definition) is 0. The second-order valence-corrected chi connectivity index (χ2v) is 27.7. The lowest BCUT2D eigenvalue weighted by atomic mass is 9.66. The van der Waals surface area contributed by atoms with Crippen molar-refractivity contribution >= 4 is 40.2 Å². The molecule has 0 radical (unpaired) electrons. The lowest BCUT2D eigenvalue weighted by molar-refractivity contribution is -0.164. The van der Waals surface area contributed by atoms with Crippen LogP contribution in [0.4, 0.5) is 0 Å². The maximum atomic E-state index is 13.9. The van der Waals surface area contributed by atoms with Gasteiger partial charge in [0, 0.05) is 23.8 Å². The highest BCUT2D eigenvalue weighted by Crippen LogP contribution is 2.47. The predicted molar refractivity (Wildman–Crippen MR) is 207 cm³/mol. The van der Waals surface area contributed by atoms with E-state index in [1.54, 1.807) is 24.3 Å². The van der Waals surface area contributed by atoms with Gasteiger partial charge in [0.1, 0.15) is 18.0 Å². The predicted octanol–water partition coefficient (Wildman–Crippen LogP) is 10.4. The van der Waals surface area contributed by atoms with Crippen LogP contribution in [0.1, 0.15) is 93.9 Å². The van der Waals surface area contributed by atoms with Crippen molar-refractivity contribution in [3.8, 4) is 5.75 Å². The molecule has 2 aliphatic carbocycles. The van der Waals surface area contributed by atoms with Crippen molar-refractivity contribution in [1.29, 1.82) is 0 Å². The van der Waals surface area contributed by atoms with Crippen molar-refractivity contribution in [3.63, 3.8) is 0 Å². The first-order valence-corrected chi connectivity index (χ1v) is 24.9. The lowest BCUT2D eigenvalue weighted by Gasteiger charge is -2.46. The van der Waals surface area contributed by atoms with Crippen LogP contribution in [0.3, 0.4) is 0 Å². The van der Waals surface area contributed by atoms with E-state index in [0.717, 1.165) is 18.4 Å². The summed E-state index contributed by atoms with van der Waals surface area (Å²) < 4.78 is 32.2. The van der Waals surface area contributed by atoms with Crippen LogP contribution < -0.4 is 4.74 Å². The maximum absolute atomic E-state index is 13.9. The Bertz CT molecular complexity index is 1390. The van der Waals surface area contributed by atoms with Crippen LogP contribution >= 0.6 is 11.6 Å². The Balaban J connectivity index is 1.56. The number of allylic oxidation sites excluding steroid dienone is 2. The molecule has 0 amide bonds. The Morgan fingerprint density at radius 3 is 2.18 bits per heavy atom. The molecule has 3 aliphatic rings. The number of ether oxygens (including phenoxy) is 3. The Kier molecular flexibility index (Phi) is 13.1. The molecule has 0 bridgehead atoms. The molecular formula is C40H63ClO7Si2. The van der Waals surface area contributed by atoms with Crippen molar-refractivity contribution < 1.29 is 32.7 Å². The summed E-state index contributed by atoms with van der Waals surface area (Å²) in [5, 5.41) is 0.707. The molecule has 1 aromatic rings. The first-order valence-electron chi connectivity index (χ1n) is 18.7. The number of carbonyl (C=O) groups excluding carboxylic acids is 2. The number of esters is 2. The molecule has 0 N–H and O–H groups in total. The van der Waals surface area contributed by atoms with E-state index in [0.29, 0.717) is 36.5 Å². The summed E-state index contributed by atoms with van der Waals surface area (Å²) in [4.78, 5) is 26.7. The van der Waals surface area contributed by atoms with Crippen LogP contribution in [0.15, 0.2) is 48.1 Å². The van der Waals surface area contributed by atoms with Gasteiger partial charge in [-0.25, -0.2) is 4.79 Å². The van der Waals surface area contributed by atoms with Crippen LogP contribution in [-0.4, -0.2) is 59.1 Å². The molecule has 5 unspecified atom stereocenters. The molecule has 8 atom stereocenters. The first kappa shape index (κ1) is 40.8. The molecule has 0 aromatic heterocycles. The fourth-order valence-electron chi connectivity index (χ4n) is 6.89. The summed E-state index contributed by atoms with van der Waals surface area (Å²) in [7, 11) is -4.16. The smallest absolute Gasteiger partial charge is 0.347 e. The SMILES string of the molecule is CC[C@H](Oc1ccc(Cl)cc1)C(=O)OC1CC(O[Si](C)(C)C(C)(C)C)C=C2C=CC(C)C(CC[C@@H]3C[C@@H](O[Si](C)(C)C(C)(C)C)CC(=O)O3)C21. The highest BCUT2D eigenvalue weighted by atomic mass is 35.5. The lowest BCUT2D eigenvalue weighted by Crippen LogP contribution is -2.49. The van der Waals surface area contributed by atoms with Gasteiger partial charge in [0.05, 0.1) is 18.6 Å². The third-order valence-corrected chi connectivity index (χ3v) is 21.2. The number of rotatable bonds is 12. The molecule has 1 aromatic carbocycles. The second kappa shape index (κ2) is 16.0. The minimum absolute atomic E-state index is 0.00942. The minimum Gasteiger partial charge on any atom is -0.479 e. The molecule has 7 nitrogen and oxygen atoms in total. The molecule has 0 spiro atoms. The summed E-state index contributed by atoms with van der Waals surface area (Å²) in [6.07, 6.45) is 8.77. The highest BCUT2D eigenvalue weighted by Gasteiger charge is 2.47. The minimum atomic E-state index is -2.12. The van der Waals surface area contributed by atoms with Crippen molar-refractivity contribution in [2.45, 2.75) is 161 Å². The zero-order valence-corrected chi connectivity index (χ0v) is 35.4. The van der Waals surface area contributed by atoms with Gasteiger partial charge < -0.3 is 23.1 Å². The first-order chi connectivity index (χ1) is 23.1. The normalized spacial score (nSPS) is 28.3. The zero-order valence-electron chi connectivity index (χ0n) is 32.6. The fraction of sp³-hybridized carbons (Fsp3) is 0.700. The third kappa shape index (κ3) is 10.1. The standard InChI is InChI=1S/C40H63ClO7Si2/c1-13-34(44-29-18-16-28(41)17-19-29)38(43)46-35-24-31(47-49(9,10)39(3,4)5)22-27-15-14-26(2)33(37(27)35)21-20-30-23-32(25-36(42)45-30)48-50(11,12)40(6,7)8/h14-19,22,26,30-35,37H,13,20-21,23-25H2,1-12H3/t26?,30-,31?,32-,33?,34+,35?,37?/m1/s1. The van der Waals surface area contributed by atoms with Crippen molar-refractivity contribution in [2.75, 3.05) is 0 Å². The van der Waals surface area contributed by atoms with Gasteiger partial charge in [0.25, 0.3) is 0 Å². The average Bonchev–Trinajstić information content (AvgIpc) is 2.98. The van der Waals surface area contributed by atoms with Gasteiger partial charge in [-0.1, -0.05) is 85.2 Å². The number of cyclic esters (lactones) is 1. The van der Waals surface area contributed by atoms with E-state index in [1.807, 2.05) is 6.92 Å². The number of hydrogen-bond acceptors (Lipinski definition) is 7. The van der Waals surface area contributed by atoms with E-state index in [2.05, 4.69) is 92.9 Å².